The van der Waals surface area contributed by atoms with Gasteiger partial charge in [-0.25, -0.2) is 0 Å². The fraction of sp³-hybridized carbons (Fsp3) is 1.00. The fourth-order valence-electron chi connectivity index (χ4n) is 2.93. The predicted octanol–water partition coefficient (Wildman–Crippen LogP) is 5.55. The van der Waals surface area contributed by atoms with Crippen LogP contribution in [-0.2, 0) is 4.74 Å². The van der Waals surface area contributed by atoms with Gasteiger partial charge in [-0.2, -0.15) is 0 Å². The maximum atomic E-state index is 5.41. The van der Waals surface area contributed by atoms with E-state index in [-0.39, 0.29) is 0 Å². The third-order valence-corrected chi connectivity index (χ3v) is 6.64. The van der Waals surface area contributed by atoms with Gasteiger partial charge in [0.05, 0.1) is 0 Å². The van der Waals surface area contributed by atoms with E-state index < -0.39 is 0 Å². The van der Waals surface area contributed by atoms with Crippen LogP contribution in [0.15, 0.2) is 0 Å². The third-order valence-electron chi connectivity index (χ3n) is 4.26. The van der Waals surface area contributed by atoms with E-state index in [4.69, 9.17) is 4.74 Å². The van der Waals surface area contributed by atoms with Gasteiger partial charge in [-0.3, -0.25) is 0 Å². The zero-order valence-electron chi connectivity index (χ0n) is 11.7. The Hall–Kier alpha value is 0.920. The van der Waals surface area contributed by atoms with E-state index in [0.717, 1.165) is 29.8 Å². The Morgan fingerprint density at radius 3 is 2.28 bits per heavy atom. The number of alkyl halides is 2. The van der Waals surface area contributed by atoms with Gasteiger partial charge in [0.1, 0.15) is 0 Å². The highest BCUT2D eigenvalue weighted by Gasteiger charge is 2.26. The van der Waals surface area contributed by atoms with Gasteiger partial charge in [-0.15, -0.1) is 0 Å². The Morgan fingerprint density at radius 2 is 1.72 bits per heavy atom. The van der Waals surface area contributed by atoms with E-state index in [9.17, 15) is 0 Å². The van der Waals surface area contributed by atoms with Crippen molar-refractivity contribution in [3.63, 3.8) is 0 Å². The summed E-state index contributed by atoms with van der Waals surface area (Å²) >= 11 is 7.43. The summed E-state index contributed by atoms with van der Waals surface area (Å²) in [5.41, 5.74) is 0.491. The first-order valence-electron chi connectivity index (χ1n) is 7.46. The lowest BCUT2D eigenvalue weighted by molar-refractivity contribution is 0.0628. The van der Waals surface area contributed by atoms with E-state index in [1.165, 1.54) is 51.4 Å². The number of halogens is 2. The van der Waals surface area contributed by atoms with Gasteiger partial charge < -0.3 is 4.74 Å². The molecular formula is C15H28Br2O. The molecule has 1 fully saturated rings. The lowest BCUT2D eigenvalue weighted by Crippen LogP contribution is -2.24. The molecule has 0 radical (unpaired) electrons. The van der Waals surface area contributed by atoms with Gasteiger partial charge in [-0.05, 0) is 37.0 Å². The number of hydrogen-bond donors (Lipinski definition) is 0. The van der Waals surface area contributed by atoms with Crippen LogP contribution in [0.5, 0.6) is 0 Å². The monoisotopic (exact) mass is 382 g/mol. The highest BCUT2D eigenvalue weighted by Crippen LogP contribution is 2.35. The smallest absolute Gasteiger partial charge is 0.0468 e. The van der Waals surface area contributed by atoms with E-state index in [1.807, 2.05) is 0 Å². The average molecular weight is 384 g/mol. The van der Waals surface area contributed by atoms with Gasteiger partial charge in [0.25, 0.3) is 0 Å². The van der Waals surface area contributed by atoms with Crippen LogP contribution in [-0.4, -0.2) is 23.9 Å². The molecule has 0 spiro atoms. The van der Waals surface area contributed by atoms with Crippen LogP contribution >= 0.6 is 31.9 Å². The van der Waals surface area contributed by atoms with Crippen molar-refractivity contribution in [2.75, 3.05) is 23.9 Å². The molecule has 0 bridgehead atoms. The molecule has 0 atom stereocenters. The first-order chi connectivity index (χ1) is 8.76. The molecule has 0 saturated carbocycles. The maximum absolute atomic E-state index is 5.41. The first-order valence-corrected chi connectivity index (χ1v) is 9.70. The molecule has 0 unspecified atom stereocenters. The normalized spacial score (nSPS) is 18.2. The summed E-state index contributed by atoms with van der Waals surface area (Å²) in [6.45, 7) is 4.28. The Kier molecular flexibility index (Phi) is 9.21. The Bertz CT molecular complexity index is 199. The van der Waals surface area contributed by atoms with E-state index >= 15 is 0 Å². The zero-order valence-corrected chi connectivity index (χ0v) is 14.9. The van der Waals surface area contributed by atoms with Crippen LogP contribution in [0.25, 0.3) is 0 Å². The lowest BCUT2D eigenvalue weighted by Gasteiger charge is -2.30. The molecule has 1 nitrogen and oxygen atoms in total. The van der Waals surface area contributed by atoms with Gasteiger partial charge in [0.2, 0.25) is 0 Å². The summed E-state index contributed by atoms with van der Waals surface area (Å²) in [7, 11) is 0. The van der Waals surface area contributed by atoms with Gasteiger partial charge >= 0.3 is 0 Å². The minimum absolute atomic E-state index is 0.491. The lowest BCUT2D eigenvalue weighted by atomic mass is 9.82. The number of hydrogen-bond acceptors (Lipinski definition) is 1. The van der Waals surface area contributed by atoms with Crippen molar-refractivity contribution in [1.29, 1.82) is 0 Å². The number of unbranched alkanes of at least 4 members (excludes halogenated alkanes) is 1. The second-order valence-corrected chi connectivity index (χ2v) is 6.94. The van der Waals surface area contributed by atoms with Crippen LogP contribution < -0.4 is 0 Å². The van der Waals surface area contributed by atoms with Crippen molar-refractivity contribution in [3.8, 4) is 0 Å². The molecule has 0 aliphatic carbocycles. The molecule has 0 aromatic rings. The third kappa shape index (κ3) is 5.92. The van der Waals surface area contributed by atoms with Crippen molar-refractivity contribution >= 4 is 31.9 Å². The van der Waals surface area contributed by atoms with E-state index in [2.05, 4.69) is 38.8 Å². The molecule has 0 N–H and O–H groups in total. The minimum atomic E-state index is 0.491. The van der Waals surface area contributed by atoms with Crippen LogP contribution in [0.2, 0.25) is 0 Å². The van der Waals surface area contributed by atoms with Crippen molar-refractivity contribution in [3.05, 3.63) is 0 Å². The molecule has 0 aromatic heterocycles. The molecule has 108 valence electrons. The van der Waals surface area contributed by atoms with Gasteiger partial charge in [0.15, 0.2) is 0 Å². The highest BCUT2D eigenvalue weighted by atomic mass is 79.9. The molecule has 1 aliphatic rings. The molecule has 1 rings (SSSR count). The van der Waals surface area contributed by atoms with Crippen molar-refractivity contribution in [2.45, 2.75) is 58.3 Å². The maximum Gasteiger partial charge on any atom is 0.0468 e. The van der Waals surface area contributed by atoms with Crippen molar-refractivity contribution in [2.24, 2.45) is 11.3 Å². The summed E-state index contributed by atoms with van der Waals surface area (Å²) in [6.07, 6.45) is 10.8. The Morgan fingerprint density at radius 1 is 1.06 bits per heavy atom. The average Bonchev–Trinajstić information content (AvgIpc) is 2.43. The van der Waals surface area contributed by atoms with E-state index in [1.54, 1.807) is 0 Å². The molecule has 1 saturated heterocycles. The van der Waals surface area contributed by atoms with Crippen LogP contribution in [0.1, 0.15) is 58.3 Å². The van der Waals surface area contributed by atoms with Gasteiger partial charge in [-0.1, -0.05) is 64.5 Å². The molecule has 0 amide bonds. The second kappa shape index (κ2) is 9.77. The van der Waals surface area contributed by atoms with Crippen LogP contribution in [0, 0.1) is 11.3 Å². The minimum Gasteiger partial charge on any atom is -0.381 e. The van der Waals surface area contributed by atoms with Gasteiger partial charge in [0, 0.05) is 23.9 Å². The van der Waals surface area contributed by atoms with E-state index in [0.29, 0.717) is 5.41 Å². The highest BCUT2D eigenvalue weighted by molar-refractivity contribution is 9.09. The van der Waals surface area contributed by atoms with Crippen LogP contribution in [0.3, 0.4) is 0 Å². The zero-order chi connectivity index (χ0) is 13.3. The number of ether oxygens (including phenoxy) is 1. The Labute approximate surface area is 130 Å². The molecule has 0 aromatic carbocycles. The van der Waals surface area contributed by atoms with Crippen molar-refractivity contribution in [1.82, 2.24) is 0 Å². The topological polar surface area (TPSA) is 9.23 Å². The molecule has 1 heterocycles. The molecular weight excluding hydrogens is 356 g/mol. The summed E-state index contributed by atoms with van der Waals surface area (Å²) < 4.78 is 5.41. The van der Waals surface area contributed by atoms with Crippen LogP contribution in [0.4, 0.5) is 0 Å². The summed E-state index contributed by atoms with van der Waals surface area (Å²) in [4.78, 5) is 0. The molecule has 18 heavy (non-hydrogen) atoms. The van der Waals surface area contributed by atoms with Crippen molar-refractivity contribution < 1.29 is 4.74 Å². The SMILES string of the molecule is CCCC(CBr)(CBr)CCCCC1CCOCC1. The Balaban J connectivity index is 2.17. The molecule has 1 aliphatic heterocycles. The first kappa shape index (κ1) is 17.0. The largest absolute Gasteiger partial charge is 0.381 e. The summed E-state index contributed by atoms with van der Waals surface area (Å²) in [5, 5.41) is 2.27. The number of rotatable bonds is 9. The summed E-state index contributed by atoms with van der Waals surface area (Å²) in [5.74, 6) is 0.937. The standard InChI is InChI=1S/C15H28Br2O/c1-2-8-15(12-16,13-17)9-4-3-5-14-6-10-18-11-7-14/h14H,2-13H2,1H3. The second-order valence-electron chi connectivity index (χ2n) is 5.82. The predicted molar refractivity (Wildman–Crippen MR) is 86.9 cm³/mol. The fourth-order valence-corrected chi connectivity index (χ4v) is 4.98. The molecule has 3 heteroatoms. The summed E-state index contributed by atoms with van der Waals surface area (Å²) in [6, 6.07) is 0. The quantitative estimate of drug-likeness (QED) is 0.374.